The zero-order valence-electron chi connectivity index (χ0n) is 67.6. The second-order valence-corrected chi connectivity index (χ2v) is 30.0. The third-order valence-corrected chi connectivity index (χ3v) is 22.0. The van der Waals surface area contributed by atoms with E-state index in [2.05, 4.69) is 364 Å². The minimum Gasteiger partial charge on any atom is -0.255 e. The van der Waals surface area contributed by atoms with E-state index in [1.807, 2.05) is 109 Å². The number of pyridine rings is 9. The summed E-state index contributed by atoms with van der Waals surface area (Å²) in [6.07, 6.45) is 10.8. The molecule has 9 nitrogen and oxygen atoms in total. The third kappa shape index (κ3) is 17.6. The molecule has 20 rings (SSSR count). The minimum absolute atomic E-state index is 0.802. The van der Waals surface area contributed by atoms with Crippen molar-refractivity contribution >= 4 is 22.3 Å². The predicted octanol–water partition coefficient (Wildman–Crippen LogP) is 27.9. The predicted molar refractivity (Wildman–Crippen MR) is 507 cm³/mol. The highest BCUT2D eigenvalue weighted by molar-refractivity contribution is 6.06. The Labute approximate surface area is 722 Å². The molecular formula is C115H79N9. The Balaban J connectivity index is 0.000000175. The first-order valence-corrected chi connectivity index (χ1v) is 41.4. The maximum absolute atomic E-state index is 4.97. The van der Waals surface area contributed by atoms with Crippen molar-refractivity contribution in [2.75, 3.05) is 0 Å². The molecule has 9 aromatic heterocycles. The Kier molecular flexibility index (Phi) is 22.8. The van der Waals surface area contributed by atoms with E-state index in [-0.39, 0.29) is 0 Å². The zero-order valence-corrected chi connectivity index (χ0v) is 67.6. The second-order valence-electron chi connectivity index (χ2n) is 30.0. The third-order valence-electron chi connectivity index (χ3n) is 22.0. The number of benzene rings is 11. The summed E-state index contributed by atoms with van der Waals surface area (Å²) in [5.41, 5.74) is 37.0. The van der Waals surface area contributed by atoms with Gasteiger partial charge in [0.1, 0.15) is 0 Å². The molecule has 0 aliphatic heterocycles. The molecular weight excluding hydrogens is 1510 g/mol. The number of hydrogen-bond donors (Lipinski definition) is 0. The van der Waals surface area contributed by atoms with Gasteiger partial charge in [-0.15, -0.1) is 0 Å². The van der Waals surface area contributed by atoms with Crippen LogP contribution in [0.1, 0.15) is 44.5 Å². The minimum atomic E-state index is 0.802. The van der Waals surface area contributed by atoms with E-state index < -0.39 is 0 Å². The maximum Gasteiger partial charge on any atom is 0.0900 e. The average Bonchev–Trinajstić information content (AvgIpc) is 0.775. The first-order chi connectivity index (χ1) is 61.5. The number of rotatable bonds is 20. The molecule has 0 amide bonds. The van der Waals surface area contributed by atoms with Crippen molar-refractivity contribution in [1.29, 1.82) is 0 Å². The molecule has 20 aromatic rings. The average molecular weight is 1590 g/mol. The van der Waals surface area contributed by atoms with E-state index in [4.69, 9.17) is 15.0 Å². The van der Waals surface area contributed by atoms with Crippen molar-refractivity contribution in [3.05, 3.63) is 525 Å². The zero-order chi connectivity index (χ0) is 83.0. The van der Waals surface area contributed by atoms with Gasteiger partial charge in [0.15, 0.2) is 0 Å². The van der Waals surface area contributed by atoms with Crippen LogP contribution in [0.15, 0.2) is 480 Å². The molecule has 0 N–H and O–H groups in total. The molecule has 0 unspecified atom stereocenters. The van der Waals surface area contributed by atoms with Crippen LogP contribution >= 0.6 is 0 Å². The molecule has 0 atom stereocenters. The van der Waals surface area contributed by atoms with E-state index in [9.17, 15) is 0 Å². The van der Waals surface area contributed by atoms with Gasteiger partial charge in [-0.2, -0.15) is 0 Å². The van der Waals surface area contributed by atoms with E-state index in [1.165, 1.54) is 33.4 Å². The Bertz CT molecular complexity index is 6570. The molecule has 0 spiro atoms. The molecule has 9 heterocycles. The lowest BCUT2D eigenvalue weighted by atomic mass is 9.85. The molecule has 0 fully saturated rings. The first-order valence-electron chi connectivity index (χ1n) is 41.4. The molecule has 0 saturated heterocycles. The van der Waals surface area contributed by atoms with Gasteiger partial charge in [0.25, 0.3) is 0 Å². The van der Waals surface area contributed by atoms with Crippen LogP contribution < -0.4 is 0 Å². The molecule has 124 heavy (non-hydrogen) atoms. The van der Waals surface area contributed by atoms with Gasteiger partial charge in [0, 0.05) is 37.2 Å². The molecule has 0 radical (unpaired) electrons. The maximum atomic E-state index is 4.97. The smallest absolute Gasteiger partial charge is 0.0900 e. The summed E-state index contributed by atoms with van der Waals surface area (Å²) in [6, 6.07) is 155. The van der Waals surface area contributed by atoms with Crippen LogP contribution in [0.2, 0.25) is 0 Å². The van der Waals surface area contributed by atoms with Gasteiger partial charge in [0.05, 0.1) is 68.3 Å². The Morgan fingerprint density at radius 3 is 0.403 bits per heavy atom. The van der Waals surface area contributed by atoms with Crippen molar-refractivity contribution in [3.63, 3.8) is 0 Å². The molecule has 0 bridgehead atoms. The van der Waals surface area contributed by atoms with Crippen LogP contribution in [0, 0.1) is 0 Å². The van der Waals surface area contributed by atoms with Crippen molar-refractivity contribution in [2.45, 2.75) is 0 Å². The van der Waals surface area contributed by atoms with Gasteiger partial charge in [-0.25, -0.2) is 15.0 Å². The van der Waals surface area contributed by atoms with Crippen LogP contribution in [0.5, 0.6) is 0 Å². The number of nitrogens with zero attached hydrogens (tertiary/aromatic N) is 9. The lowest BCUT2D eigenvalue weighted by Gasteiger charge is -2.19. The van der Waals surface area contributed by atoms with Crippen molar-refractivity contribution in [1.82, 2.24) is 44.9 Å². The van der Waals surface area contributed by atoms with Crippen LogP contribution in [-0.4, -0.2) is 44.9 Å². The topological polar surface area (TPSA) is 116 Å². The molecule has 9 heteroatoms. The standard InChI is InChI=1S/C68H46N6.C47H33N3/c1-3-15-53(16-4-1)67(55-35-31-49(32-36-55)47-23-27-51(28-24-47)57-43-63(59-19-7-11-39-69-59)73-64(44-57)60-20-8-12-40-70-60)68(54-17-5-2-6-18-54)56-37-33-50(34-38-56)48-25-29-52(30-26-48)58-45-65(61-21-9-13-41-71-61)74-66(46-58)62-22-10-14-42-72-62;1-4-14-37(15-5-1)46(38-16-6-2-7-17-38)47(39-18-8-3-9-19-39)40-28-26-35(27-29-40)34-22-24-36(25-23-34)41-32-44(42-20-10-12-30-48-42)50-45(33-41)43-21-11-13-31-49-43/h1-46H;1-33H/b68-67+;. The van der Waals surface area contributed by atoms with Crippen molar-refractivity contribution in [3.8, 4) is 135 Å². The summed E-state index contributed by atoms with van der Waals surface area (Å²) in [5.74, 6) is 0. The van der Waals surface area contributed by atoms with Gasteiger partial charge in [-0.05, 0) is 243 Å². The van der Waals surface area contributed by atoms with Crippen LogP contribution in [0.3, 0.4) is 0 Å². The van der Waals surface area contributed by atoms with Gasteiger partial charge < -0.3 is 0 Å². The summed E-state index contributed by atoms with van der Waals surface area (Å²) >= 11 is 0. The van der Waals surface area contributed by atoms with Gasteiger partial charge >= 0.3 is 0 Å². The highest BCUT2D eigenvalue weighted by atomic mass is 14.8. The Morgan fingerprint density at radius 1 is 0.113 bits per heavy atom. The normalized spacial score (nSPS) is 11.2. The monoisotopic (exact) mass is 1590 g/mol. The van der Waals surface area contributed by atoms with Crippen LogP contribution in [0.4, 0.5) is 0 Å². The quantitative estimate of drug-likeness (QED) is 0.0688. The van der Waals surface area contributed by atoms with E-state index in [1.54, 1.807) is 37.2 Å². The van der Waals surface area contributed by atoms with Crippen molar-refractivity contribution < 1.29 is 0 Å². The Hall–Kier alpha value is -16.8. The summed E-state index contributed by atoms with van der Waals surface area (Å²) in [7, 11) is 0. The van der Waals surface area contributed by atoms with Crippen LogP contribution in [0.25, 0.3) is 157 Å². The van der Waals surface area contributed by atoms with Crippen molar-refractivity contribution in [2.24, 2.45) is 0 Å². The molecule has 0 saturated carbocycles. The fourth-order valence-corrected chi connectivity index (χ4v) is 15.9. The highest BCUT2D eigenvalue weighted by Crippen LogP contribution is 2.43. The van der Waals surface area contributed by atoms with E-state index in [0.29, 0.717) is 0 Å². The molecule has 584 valence electrons. The first kappa shape index (κ1) is 77.2. The Morgan fingerprint density at radius 2 is 0.250 bits per heavy atom. The number of aromatic nitrogens is 9. The summed E-state index contributed by atoms with van der Waals surface area (Å²) < 4.78 is 0. The van der Waals surface area contributed by atoms with E-state index >= 15 is 0 Å². The highest BCUT2D eigenvalue weighted by Gasteiger charge is 2.22. The summed E-state index contributed by atoms with van der Waals surface area (Å²) in [6.45, 7) is 0. The van der Waals surface area contributed by atoms with Gasteiger partial charge in [-0.1, -0.05) is 334 Å². The SMILES string of the molecule is c1ccc(/C(=C(/c2ccccc2)c2ccc(-c3ccc(-c4cc(-c5ccccn5)nc(-c5ccccn5)c4)cc3)cc2)c2ccc(-c3ccc(-c4cc(-c5ccccn5)nc(-c5ccccn5)c4)cc3)cc2)cc1.c1ccc(C(=C(c2ccccc2)c2ccc(-c3ccc(-c4cc(-c5ccccn5)nc(-c5ccccn5)c4)cc3)cc2)c2ccccc2)cc1. The molecule has 11 aromatic carbocycles. The summed E-state index contributed by atoms with van der Waals surface area (Å²) in [4.78, 5) is 42.4. The lowest BCUT2D eigenvalue weighted by molar-refractivity contribution is 1.22. The molecule has 0 aliphatic rings. The van der Waals surface area contributed by atoms with Crippen LogP contribution in [-0.2, 0) is 0 Å². The summed E-state index contributed by atoms with van der Waals surface area (Å²) in [5, 5.41) is 0. The van der Waals surface area contributed by atoms with Gasteiger partial charge in [0.2, 0.25) is 0 Å². The fourth-order valence-electron chi connectivity index (χ4n) is 15.9. The fraction of sp³-hybridized carbons (Fsp3) is 0. The lowest BCUT2D eigenvalue weighted by Crippen LogP contribution is -1.98. The largest absolute Gasteiger partial charge is 0.255 e. The van der Waals surface area contributed by atoms with E-state index in [0.717, 1.165) is 168 Å². The second kappa shape index (κ2) is 36.6. The molecule has 0 aliphatic carbocycles. The van der Waals surface area contributed by atoms with Gasteiger partial charge in [-0.3, -0.25) is 29.9 Å². The number of hydrogen-bond acceptors (Lipinski definition) is 9.